The second-order valence-corrected chi connectivity index (χ2v) is 11.9. The van der Waals surface area contributed by atoms with Gasteiger partial charge in [-0.05, 0) is 57.4 Å². The van der Waals surface area contributed by atoms with Crippen molar-refractivity contribution in [3.05, 3.63) is 71.2 Å². The lowest BCUT2D eigenvalue weighted by molar-refractivity contribution is 0.339. The highest BCUT2D eigenvalue weighted by atomic mass is 32.2. The van der Waals surface area contributed by atoms with Crippen LogP contribution in [0.15, 0.2) is 53.5 Å². The van der Waals surface area contributed by atoms with Gasteiger partial charge in [-0.15, -0.1) is 0 Å². The molecule has 0 bridgehead atoms. The molecule has 0 saturated heterocycles. The lowest BCUT2D eigenvalue weighted by atomic mass is 9.93. The number of hydrogen-bond donors (Lipinski definition) is 1. The molecule has 0 fully saturated rings. The highest BCUT2D eigenvalue weighted by molar-refractivity contribution is 7.93. The number of aliphatic imine (C=N–C) groups is 1. The van der Waals surface area contributed by atoms with Gasteiger partial charge < -0.3 is 10.5 Å². The molecule has 0 saturated carbocycles. The predicted octanol–water partition coefficient (Wildman–Crippen LogP) is 4.55. The van der Waals surface area contributed by atoms with Gasteiger partial charge in [0.1, 0.15) is 28.4 Å². The van der Waals surface area contributed by atoms with Gasteiger partial charge in [0.25, 0.3) is 0 Å². The maximum absolute atomic E-state index is 15.0. The summed E-state index contributed by atoms with van der Waals surface area (Å²) < 4.78 is 59.6. The van der Waals surface area contributed by atoms with Gasteiger partial charge in [-0.25, -0.2) is 27.8 Å². The van der Waals surface area contributed by atoms with Crippen LogP contribution in [-0.2, 0) is 15.4 Å². The highest BCUT2D eigenvalue weighted by Crippen LogP contribution is 2.38. The van der Waals surface area contributed by atoms with Crippen molar-refractivity contribution in [2.75, 3.05) is 12.4 Å². The number of sulfone groups is 1. The summed E-state index contributed by atoms with van der Waals surface area (Å²) in [5.74, 6) is -2.03. The largest absolute Gasteiger partial charge is 0.472 e. The van der Waals surface area contributed by atoms with Crippen LogP contribution in [-0.4, -0.2) is 46.3 Å². The Morgan fingerprint density at radius 1 is 1.19 bits per heavy atom. The summed E-state index contributed by atoms with van der Waals surface area (Å²) in [7, 11) is -3.76. The van der Waals surface area contributed by atoms with E-state index in [1.54, 1.807) is 0 Å². The van der Waals surface area contributed by atoms with E-state index in [-0.39, 0.29) is 28.5 Å². The first-order valence-electron chi connectivity index (χ1n) is 11.7. The van der Waals surface area contributed by atoms with Gasteiger partial charge >= 0.3 is 0 Å². The van der Waals surface area contributed by atoms with E-state index in [4.69, 9.17) is 10.5 Å². The SMILES string of the molecule is C/C=C(\C=C/CC)COc1cnc(/C(F)=C/c2cnc(F)c([C@]3(C)CS(=O)(=O)C(C)(C)C(N)=N3)c2)cn1. The van der Waals surface area contributed by atoms with Gasteiger partial charge in [0, 0.05) is 11.8 Å². The molecule has 2 N–H and O–H groups in total. The van der Waals surface area contributed by atoms with E-state index in [2.05, 4.69) is 19.9 Å². The highest BCUT2D eigenvalue weighted by Gasteiger charge is 2.49. The standard InChI is InChI=1S/C26H31F2N5O3S/c1-6-8-9-17(7-2)15-36-22-14-30-21(13-31-22)20(27)11-18-10-19(23(28)32-12-18)26(5)16-37(34,35)25(3,4)24(29)33-26/h7-14H,6,15-16H2,1-5H3,(H2,29,33)/b9-8-,17-7+,20-11-/t26-/m0/s1. The molecule has 37 heavy (non-hydrogen) atoms. The number of ether oxygens (including phenoxy) is 1. The van der Waals surface area contributed by atoms with Crippen LogP contribution in [0.5, 0.6) is 5.88 Å². The monoisotopic (exact) mass is 531 g/mol. The number of hydrogen-bond acceptors (Lipinski definition) is 8. The second kappa shape index (κ2) is 10.9. The summed E-state index contributed by atoms with van der Waals surface area (Å²) in [6.45, 7) is 8.58. The molecule has 2 aromatic rings. The Hall–Kier alpha value is -3.47. The van der Waals surface area contributed by atoms with Crippen LogP contribution in [0.1, 0.15) is 57.9 Å². The van der Waals surface area contributed by atoms with Crippen molar-refractivity contribution < 1.29 is 21.9 Å². The van der Waals surface area contributed by atoms with Crippen LogP contribution in [0.2, 0.25) is 0 Å². The first-order valence-corrected chi connectivity index (χ1v) is 13.4. The first-order chi connectivity index (χ1) is 17.3. The van der Waals surface area contributed by atoms with Crippen LogP contribution in [0.25, 0.3) is 11.9 Å². The van der Waals surface area contributed by atoms with Crippen molar-refractivity contribution in [3.8, 4) is 5.88 Å². The molecule has 8 nitrogen and oxygen atoms in total. The molecule has 1 atom stereocenters. The summed E-state index contributed by atoms with van der Waals surface area (Å²) in [4.78, 5) is 16.1. The van der Waals surface area contributed by atoms with Gasteiger partial charge in [-0.1, -0.05) is 25.2 Å². The number of amidine groups is 1. The zero-order chi connectivity index (χ0) is 27.4. The molecule has 3 heterocycles. The van der Waals surface area contributed by atoms with E-state index in [1.807, 2.05) is 32.1 Å². The van der Waals surface area contributed by atoms with E-state index in [0.29, 0.717) is 6.61 Å². The van der Waals surface area contributed by atoms with Crippen LogP contribution in [0.3, 0.4) is 0 Å². The Bertz CT molecular complexity index is 1380. The molecule has 1 aliphatic rings. The number of nitrogens with zero attached hydrogens (tertiary/aromatic N) is 4. The van der Waals surface area contributed by atoms with Crippen LogP contribution in [0.4, 0.5) is 8.78 Å². The first kappa shape index (κ1) is 28.1. The van der Waals surface area contributed by atoms with E-state index >= 15 is 0 Å². The number of rotatable bonds is 8. The fraction of sp³-hybridized carbons (Fsp3) is 0.385. The summed E-state index contributed by atoms with van der Waals surface area (Å²) in [5.41, 5.74) is 5.41. The van der Waals surface area contributed by atoms with Gasteiger partial charge in [-0.3, -0.25) is 4.99 Å². The molecule has 0 amide bonds. The zero-order valence-electron chi connectivity index (χ0n) is 21.5. The third kappa shape index (κ3) is 6.10. The molecule has 0 aliphatic carbocycles. The molecule has 198 valence electrons. The van der Waals surface area contributed by atoms with E-state index in [1.165, 1.54) is 39.2 Å². The van der Waals surface area contributed by atoms with Crippen molar-refractivity contribution in [3.63, 3.8) is 0 Å². The lowest BCUT2D eigenvalue weighted by Crippen LogP contribution is -2.55. The van der Waals surface area contributed by atoms with Crippen LogP contribution >= 0.6 is 0 Å². The van der Waals surface area contributed by atoms with Crippen LogP contribution < -0.4 is 10.5 Å². The fourth-order valence-electron chi connectivity index (χ4n) is 3.59. The number of nitrogens with two attached hydrogens (primary N) is 1. The Labute approximate surface area is 216 Å². The van der Waals surface area contributed by atoms with Crippen LogP contribution in [0, 0.1) is 5.95 Å². The van der Waals surface area contributed by atoms with Gasteiger partial charge in [0.15, 0.2) is 15.7 Å². The van der Waals surface area contributed by atoms with Gasteiger partial charge in [0.2, 0.25) is 11.8 Å². The van der Waals surface area contributed by atoms with Crippen molar-refractivity contribution in [1.82, 2.24) is 15.0 Å². The summed E-state index contributed by atoms with van der Waals surface area (Å²) in [5, 5.41) is 0. The normalized spacial score (nSPS) is 21.6. The Balaban J connectivity index is 1.84. The summed E-state index contributed by atoms with van der Waals surface area (Å²) in [6, 6.07) is 1.31. The third-order valence-corrected chi connectivity index (χ3v) is 8.87. The maximum atomic E-state index is 15.0. The third-order valence-electron chi connectivity index (χ3n) is 6.16. The molecule has 2 aromatic heterocycles. The minimum Gasteiger partial charge on any atom is -0.472 e. The van der Waals surface area contributed by atoms with E-state index in [9.17, 15) is 17.2 Å². The maximum Gasteiger partial charge on any atom is 0.232 e. The van der Waals surface area contributed by atoms with Crippen molar-refractivity contribution in [2.45, 2.75) is 51.3 Å². The number of pyridine rings is 1. The molecule has 0 radical (unpaired) electrons. The van der Waals surface area contributed by atoms with Gasteiger partial charge in [-0.2, -0.15) is 4.39 Å². The predicted molar refractivity (Wildman–Crippen MR) is 141 cm³/mol. The van der Waals surface area contributed by atoms with Gasteiger partial charge in [0.05, 0.1) is 18.1 Å². The Morgan fingerprint density at radius 2 is 1.92 bits per heavy atom. The zero-order valence-corrected chi connectivity index (χ0v) is 22.3. The summed E-state index contributed by atoms with van der Waals surface area (Å²) in [6.07, 6.45) is 11.6. The minimum atomic E-state index is -3.76. The molecule has 0 spiro atoms. The number of allylic oxidation sites excluding steroid dienone is 2. The van der Waals surface area contributed by atoms with E-state index in [0.717, 1.165) is 24.3 Å². The van der Waals surface area contributed by atoms with E-state index < -0.39 is 37.7 Å². The smallest absolute Gasteiger partial charge is 0.232 e. The lowest BCUT2D eigenvalue weighted by Gasteiger charge is -2.37. The van der Waals surface area contributed by atoms with Crippen molar-refractivity contribution in [1.29, 1.82) is 0 Å². The Morgan fingerprint density at radius 3 is 2.51 bits per heavy atom. The molecule has 3 rings (SSSR count). The minimum absolute atomic E-state index is 0.0640. The quantitative estimate of drug-likeness (QED) is 0.392. The van der Waals surface area contributed by atoms with Crippen molar-refractivity contribution in [2.24, 2.45) is 10.7 Å². The Kier molecular flexibility index (Phi) is 8.26. The summed E-state index contributed by atoms with van der Waals surface area (Å²) >= 11 is 0. The molecule has 0 unspecified atom stereocenters. The topological polar surface area (TPSA) is 120 Å². The number of aromatic nitrogens is 3. The average Bonchev–Trinajstić information content (AvgIpc) is 2.84. The average molecular weight is 532 g/mol. The molecular formula is C26H31F2N5O3S. The molecule has 0 aromatic carbocycles. The number of halogens is 2. The fourth-order valence-corrected chi connectivity index (χ4v) is 5.28. The van der Waals surface area contributed by atoms with Crippen molar-refractivity contribution >= 4 is 27.6 Å². The second-order valence-electron chi connectivity index (χ2n) is 9.34. The molecule has 1 aliphatic heterocycles. The molecular weight excluding hydrogens is 500 g/mol. The molecule has 11 heteroatoms.